The van der Waals surface area contributed by atoms with Crippen molar-refractivity contribution in [2.45, 2.75) is 96.6 Å². The number of benzene rings is 2. The molecule has 3 aliphatic heterocycles. The summed E-state index contributed by atoms with van der Waals surface area (Å²) in [7, 11) is 0. The average Bonchev–Trinajstić information content (AvgIpc) is 3.31. The molecule has 1 spiro atoms. The van der Waals surface area contributed by atoms with Crippen LogP contribution in [-0.4, -0.2) is 42.6 Å². The highest BCUT2D eigenvalue weighted by molar-refractivity contribution is 5.85. The number of fused-ring (bicyclic) bond motifs is 3. The summed E-state index contributed by atoms with van der Waals surface area (Å²) in [5.74, 6) is 0.399. The minimum absolute atomic E-state index is 0.00264. The third-order valence-electron chi connectivity index (χ3n) is 9.58. The quantitative estimate of drug-likeness (QED) is 0.0832. The SMILES string of the molecule is CC(=CCOC1=CC2(Oc3cc4occc4cc31)OC(CCC(C)=CCOc1ccc3ccc(=O)oc3c1)C(C)(C)O2)CCC1OC1(C)C. The van der Waals surface area contributed by atoms with Gasteiger partial charge in [0.05, 0.1) is 41.3 Å². The molecule has 3 aliphatic rings. The van der Waals surface area contributed by atoms with E-state index in [2.05, 4.69) is 33.8 Å². The van der Waals surface area contributed by atoms with Crippen LogP contribution in [0, 0.1) is 0 Å². The van der Waals surface area contributed by atoms with Crippen LogP contribution in [0.25, 0.3) is 27.7 Å². The molecular weight excluding hydrogens is 624 g/mol. The topological polar surface area (TPSA) is 102 Å². The fourth-order valence-corrected chi connectivity index (χ4v) is 6.47. The Morgan fingerprint density at radius 1 is 0.796 bits per heavy atom. The number of furan rings is 1. The van der Waals surface area contributed by atoms with Crippen LogP contribution in [0.3, 0.4) is 0 Å². The molecule has 4 aromatic rings. The molecule has 258 valence electrons. The average molecular weight is 669 g/mol. The van der Waals surface area contributed by atoms with Gasteiger partial charge in [-0.05, 0) is 110 Å². The van der Waals surface area contributed by atoms with Gasteiger partial charge in [0, 0.05) is 29.0 Å². The normalized spacial score (nSPS) is 24.2. The zero-order valence-corrected chi connectivity index (χ0v) is 29.0. The number of hydrogen-bond acceptors (Lipinski definition) is 9. The Balaban J connectivity index is 1.01. The summed E-state index contributed by atoms with van der Waals surface area (Å²) < 4.78 is 48.7. The second-order valence-electron chi connectivity index (χ2n) is 14.3. The fraction of sp³-hybridized carbons (Fsp3) is 0.425. The van der Waals surface area contributed by atoms with Gasteiger partial charge >= 0.3 is 11.6 Å². The summed E-state index contributed by atoms with van der Waals surface area (Å²) in [5, 5.41) is 1.80. The van der Waals surface area contributed by atoms with E-state index in [1.54, 1.807) is 18.4 Å². The van der Waals surface area contributed by atoms with Gasteiger partial charge in [0.1, 0.15) is 41.6 Å². The van der Waals surface area contributed by atoms with Crippen LogP contribution in [0.15, 0.2) is 97.8 Å². The molecule has 0 aliphatic carbocycles. The lowest BCUT2D eigenvalue weighted by Crippen LogP contribution is -2.40. The van der Waals surface area contributed by atoms with Crippen molar-refractivity contribution in [3.8, 4) is 11.5 Å². The van der Waals surface area contributed by atoms with Crippen molar-refractivity contribution in [1.29, 1.82) is 0 Å². The van der Waals surface area contributed by atoms with Crippen molar-refractivity contribution in [2.24, 2.45) is 0 Å². The van der Waals surface area contributed by atoms with E-state index in [1.165, 1.54) is 11.6 Å². The zero-order valence-electron chi connectivity index (χ0n) is 29.0. The first kappa shape index (κ1) is 33.2. The predicted molar refractivity (Wildman–Crippen MR) is 186 cm³/mol. The third-order valence-corrected chi connectivity index (χ3v) is 9.58. The van der Waals surface area contributed by atoms with Crippen LogP contribution in [0.2, 0.25) is 0 Å². The lowest BCUT2D eigenvalue weighted by molar-refractivity contribution is -0.271. The van der Waals surface area contributed by atoms with E-state index in [-0.39, 0.29) is 17.3 Å². The third kappa shape index (κ3) is 7.34. The van der Waals surface area contributed by atoms with Crippen LogP contribution < -0.4 is 15.1 Å². The van der Waals surface area contributed by atoms with Crippen molar-refractivity contribution in [3.63, 3.8) is 0 Å². The summed E-state index contributed by atoms with van der Waals surface area (Å²) in [6.45, 7) is 13.3. The monoisotopic (exact) mass is 668 g/mol. The number of hydrogen-bond donors (Lipinski definition) is 0. The Bertz CT molecular complexity index is 2010. The Labute approximate surface area is 286 Å². The molecule has 9 nitrogen and oxygen atoms in total. The molecule has 7 rings (SSSR count). The Morgan fingerprint density at radius 2 is 1.49 bits per heavy atom. The fourth-order valence-electron chi connectivity index (χ4n) is 6.47. The van der Waals surface area contributed by atoms with E-state index < -0.39 is 11.6 Å². The van der Waals surface area contributed by atoms with Gasteiger partial charge in [-0.2, -0.15) is 0 Å². The molecule has 0 saturated carbocycles. The molecular formula is C40H44O9. The molecule has 2 aromatic carbocycles. The highest BCUT2D eigenvalue weighted by Gasteiger charge is 2.55. The van der Waals surface area contributed by atoms with E-state index >= 15 is 0 Å². The van der Waals surface area contributed by atoms with E-state index in [1.807, 2.05) is 56.3 Å². The number of ether oxygens (including phenoxy) is 6. The van der Waals surface area contributed by atoms with E-state index in [0.717, 1.165) is 41.2 Å². The molecule has 3 unspecified atom stereocenters. The second kappa shape index (κ2) is 12.9. The summed E-state index contributed by atoms with van der Waals surface area (Å²) in [5.41, 5.74) is 3.41. The molecule has 0 N–H and O–H groups in total. The highest BCUT2D eigenvalue weighted by atomic mass is 16.9. The summed E-state index contributed by atoms with van der Waals surface area (Å²) in [6, 6.07) is 14.4. The largest absolute Gasteiger partial charge is 0.489 e. The molecule has 2 fully saturated rings. The van der Waals surface area contributed by atoms with Crippen molar-refractivity contribution in [1.82, 2.24) is 0 Å². The first-order valence-electron chi connectivity index (χ1n) is 17.0. The lowest BCUT2D eigenvalue weighted by atomic mass is 9.96. The Hall–Kier alpha value is -4.31. The first-order valence-corrected chi connectivity index (χ1v) is 17.0. The molecule has 0 bridgehead atoms. The number of rotatable bonds is 12. The smallest absolute Gasteiger partial charge is 0.354 e. The van der Waals surface area contributed by atoms with Crippen molar-refractivity contribution < 1.29 is 37.3 Å². The predicted octanol–water partition coefficient (Wildman–Crippen LogP) is 8.85. The van der Waals surface area contributed by atoms with Gasteiger partial charge in [0.2, 0.25) is 0 Å². The van der Waals surface area contributed by atoms with Gasteiger partial charge < -0.3 is 37.3 Å². The van der Waals surface area contributed by atoms with Gasteiger partial charge in [0.25, 0.3) is 0 Å². The van der Waals surface area contributed by atoms with Crippen LogP contribution in [-0.2, 0) is 18.9 Å². The Kier molecular flexibility index (Phi) is 8.71. The summed E-state index contributed by atoms with van der Waals surface area (Å²) in [6.07, 6.45) is 11.1. The van der Waals surface area contributed by atoms with Crippen molar-refractivity contribution in [3.05, 3.63) is 100 Å². The maximum Gasteiger partial charge on any atom is 0.354 e. The van der Waals surface area contributed by atoms with Crippen LogP contribution in [0.4, 0.5) is 0 Å². The minimum Gasteiger partial charge on any atom is -0.489 e. The van der Waals surface area contributed by atoms with Gasteiger partial charge in [-0.3, -0.25) is 0 Å². The molecule has 0 radical (unpaired) electrons. The summed E-state index contributed by atoms with van der Waals surface area (Å²) in [4.78, 5) is 11.6. The van der Waals surface area contributed by atoms with E-state index in [9.17, 15) is 4.79 Å². The standard InChI is InChI=1S/C40H44O9/c1-25(15-18-42-29-11-9-27-10-14-37(41)45-32(27)22-29)8-13-36-39(5,6)49-40(48-36)24-34(30-21-28-17-20-43-31(28)23-33(30)46-40)44-19-16-26(2)7-12-35-38(3,4)47-35/h9-11,14-17,20-24,35-36H,7-8,12-13,18-19H2,1-6H3. The molecule has 9 heteroatoms. The van der Waals surface area contributed by atoms with Crippen LogP contribution >= 0.6 is 0 Å². The van der Waals surface area contributed by atoms with Gasteiger partial charge in [-0.15, -0.1) is 0 Å². The lowest BCUT2D eigenvalue weighted by Gasteiger charge is -2.32. The van der Waals surface area contributed by atoms with Crippen LogP contribution in [0.1, 0.15) is 72.8 Å². The van der Waals surface area contributed by atoms with E-state index in [0.29, 0.717) is 54.2 Å². The molecule has 3 atom stereocenters. The number of epoxide rings is 1. The molecule has 49 heavy (non-hydrogen) atoms. The maximum absolute atomic E-state index is 11.6. The van der Waals surface area contributed by atoms with E-state index in [4.69, 9.17) is 37.3 Å². The highest BCUT2D eigenvalue weighted by Crippen LogP contribution is 2.47. The zero-order chi connectivity index (χ0) is 34.4. The summed E-state index contributed by atoms with van der Waals surface area (Å²) >= 11 is 0. The minimum atomic E-state index is -1.45. The molecule has 5 heterocycles. The second-order valence-corrected chi connectivity index (χ2v) is 14.3. The Morgan fingerprint density at radius 3 is 2.22 bits per heavy atom. The molecule has 0 amide bonds. The van der Waals surface area contributed by atoms with Crippen molar-refractivity contribution in [2.75, 3.05) is 13.2 Å². The molecule has 2 aromatic heterocycles. The number of allylic oxidation sites excluding steroid dienone is 2. The van der Waals surface area contributed by atoms with Gasteiger partial charge in [0.15, 0.2) is 0 Å². The van der Waals surface area contributed by atoms with Crippen molar-refractivity contribution >= 4 is 27.7 Å². The van der Waals surface area contributed by atoms with Gasteiger partial charge in [-0.1, -0.05) is 11.1 Å². The first-order chi connectivity index (χ1) is 23.4. The van der Waals surface area contributed by atoms with Gasteiger partial charge in [-0.25, -0.2) is 4.79 Å². The van der Waals surface area contributed by atoms with Crippen LogP contribution in [0.5, 0.6) is 11.5 Å². The molecule has 2 saturated heterocycles. The maximum atomic E-state index is 11.6.